The maximum Gasteiger partial charge on any atom is 0.354 e. The van der Waals surface area contributed by atoms with Crippen LogP contribution >= 0.6 is 43.2 Å². The lowest BCUT2D eigenvalue weighted by Gasteiger charge is -2.02. The number of carbonyl (C=O) groups excluding carboxylic acids is 1. The predicted octanol–water partition coefficient (Wildman–Crippen LogP) is 3.62. The van der Waals surface area contributed by atoms with Crippen LogP contribution in [0.15, 0.2) is 32.7 Å². The van der Waals surface area contributed by atoms with Gasteiger partial charge in [0.1, 0.15) is 5.69 Å². The fourth-order valence-electron chi connectivity index (χ4n) is 1.25. The van der Waals surface area contributed by atoms with Crippen molar-refractivity contribution in [3.63, 3.8) is 0 Å². The molecule has 98 valence electrons. The number of halogens is 2. The topological polar surface area (TPSA) is 79.3 Å². The van der Waals surface area contributed by atoms with Crippen molar-refractivity contribution in [1.82, 2.24) is 4.98 Å². The molecule has 0 aliphatic carbocycles. The van der Waals surface area contributed by atoms with Crippen molar-refractivity contribution in [3.05, 3.63) is 43.2 Å². The molecule has 0 unspecified atom stereocenters. The van der Waals surface area contributed by atoms with Crippen LogP contribution in [-0.2, 0) is 0 Å². The lowest BCUT2D eigenvalue weighted by molar-refractivity contribution is 0.0690. The zero-order valence-electron chi connectivity index (χ0n) is 9.18. The second-order valence-corrected chi connectivity index (χ2v) is 6.65. The molecule has 5 nitrogen and oxygen atoms in total. The van der Waals surface area contributed by atoms with E-state index in [1.165, 1.54) is 29.7 Å². The molecule has 1 amide bonds. The van der Waals surface area contributed by atoms with Crippen molar-refractivity contribution >= 4 is 60.8 Å². The monoisotopic (exact) mass is 404 g/mol. The smallest absolute Gasteiger partial charge is 0.354 e. The number of hydrogen-bond donors (Lipinski definition) is 2. The molecule has 0 aliphatic heterocycles. The van der Waals surface area contributed by atoms with Crippen molar-refractivity contribution in [2.24, 2.45) is 0 Å². The largest absolute Gasteiger partial charge is 0.477 e. The Labute approximate surface area is 128 Å². The second-order valence-electron chi connectivity index (χ2n) is 3.42. The third-order valence-electron chi connectivity index (χ3n) is 2.11. The highest BCUT2D eigenvalue weighted by Gasteiger charge is 2.12. The minimum absolute atomic E-state index is 0.0698. The van der Waals surface area contributed by atoms with E-state index in [9.17, 15) is 9.59 Å². The summed E-state index contributed by atoms with van der Waals surface area (Å²) in [5, 5.41) is 11.3. The summed E-state index contributed by atoms with van der Waals surface area (Å²) in [6.45, 7) is 0. The van der Waals surface area contributed by atoms with E-state index in [2.05, 4.69) is 42.2 Å². The molecule has 2 aromatic heterocycles. The Kier molecular flexibility index (Phi) is 4.33. The zero-order valence-corrected chi connectivity index (χ0v) is 13.2. The van der Waals surface area contributed by atoms with Gasteiger partial charge in [-0.25, -0.2) is 9.78 Å². The number of pyridine rings is 1. The zero-order chi connectivity index (χ0) is 14.0. The number of rotatable bonds is 3. The van der Waals surface area contributed by atoms with Crippen LogP contribution in [0.1, 0.15) is 20.2 Å². The summed E-state index contributed by atoms with van der Waals surface area (Å²) in [5.41, 5.74) is 0.371. The van der Waals surface area contributed by atoms with Gasteiger partial charge < -0.3 is 10.4 Å². The number of aromatic carboxylic acids is 1. The normalized spacial score (nSPS) is 10.2. The molecule has 2 rings (SSSR count). The highest BCUT2D eigenvalue weighted by Crippen LogP contribution is 2.32. The average molecular weight is 406 g/mol. The Bertz CT molecular complexity index is 620. The summed E-state index contributed by atoms with van der Waals surface area (Å²) in [5.74, 6) is -1.38. The van der Waals surface area contributed by atoms with E-state index < -0.39 is 5.97 Å². The van der Waals surface area contributed by atoms with Gasteiger partial charge in [-0.3, -0.25) is 4.79 Å². The summed E-state index contributed by atoms with van der Waals surface area (Å²) in [6.07, 6.45) is 1.30. The fraction of sp³-hybridized carbons (Fsp3) is 0. The SMILES string of the molecule is O=C(O)c1ccc(NC(=O)c2cc(Br)c(Br)s2)cn1. The summed E-state index contributed by atoms with van der Waals surface area (Å²) in [4.78, 5) is 26.8. The molecule has 0 saturated carbocycles. The van der Waals surface area contributed by atoms with Gasteiger partial charge >= 0.3 is 5.97 Å². The number of nitrogens with one attached hydrogen (secondary N) is 1. The van der Waals surface area contributed by atoms with Crippen LogP contribution in [0.5, 0.6) is 0 Å². The first-order valence-electron chi connectivity index (χ1n) is 4.93. The molecular formula is C11H6Br2N2O3S. The fourth-order valence-corrected chi connectivity index (χ4v) is 3.18. The molecule has 0 aliphatic rings. The molecule has 0 aromatic carbocycles. The van der Waals surface area contributed by atoms with Gasteiger partial charge in [0.15, 0.2) is 0 Å². The van der Waals surface area contributed by atoms with E-state index in [-0.39, 0.29) is 11.6 Å². The molecular weight excluding hydrogens is 400 g/mol. The molecule has 19 heavy (non-hydrogen) atoms. The minimum atomic E-state index is -1.11. The highest BCUT2D eigenvalue weighted by atomic mass is 79.9. The minimum Gasteiger partial charge on any atom is -0.477 e. The number of amides is 1. The van der Waals surface area contributed by atoms with Gasteiger partial charge in [0.05, 0.1) is 20.5 Å². The molecule has 0 bridgehead atoms. The van der Waals surface area contributed by atoms with E-state index in [0.717, 1.165) is 8.26 Å². The van der Waals surface area contributed by atoms with E-state index in [4.69, 9.17) is 5.11 Å². The van der Waals surface area contributed by atoms with Gasteiger partial charge in [-0.05, 0) is 50.1 Å². The van der Waals surface area contributed by atoms with Crippen molar-refractivity contribution in [2.45, 2.75) is 0 Å². The molecule has 0 atom stereocenters. The van der Waals surface area contributed by atoms with E-state index >= 15 is 0 Å². The van der Waals surface area contributed by atoms with Gasteiger partial charge in [0.2, 0.25) is 0 Å². The Morgan fingerprint density at radius 1 is 1.32 bits per heavy atom. The van der Waals surface area contributed by atoms with Gasteiger partial charge in [-0.2, -0.15) is 0 Å². The van der Waals surface area contributed by atoms with Crippen LogP contribution in [0.3, 0.4) is 0 Å². The number of carbonyl (C=O) groups is 2. The summed E-state index contributed by atoms with van der Waals surface area (Å²) < 4.78 is 1.64. The molecule has 0 radical (unpaired) electrons. The molecule has 2 aromatic rings. The first-order valence-corrected chi connectivity index (χ1v) is 7.33. The number of carboxylic acid groups (broad SMARTS) is 1. The third-order valence-corrected chi connectivity index (χ3v) is 5.36. The highest BCUT2D eigenvalue weighted by molar-refractivity contribution is 9.13. The summed E-state index contributed by atoms with van der Waals surface area (Å²) in [7, 11) is 0. The number of carboxylic acids is 1. The molecule has 2 N–H and O–H groups in total. The number of nitrogens with zero attached hydrogens (tertiary/aromatic N) is 1. The number of aromatic nitrogens is 1. The van der Waals surface area contributed by atoms with Gasteiger partial charge in [-0.15, -0.1) is 11.3 Å². The van der Waals surface area contributed by atoms with Crippen LogP contribution in [0, 0.1) is 0 Å². The number of anilines is 1. The maximum absolute atomic E-state index is 11.9. The standard InChI is InChI=1S/C11H6Br2N2O3S/c12-6-3-8(19-9(6)13)10(16)15-5-1-2-7(11(17)18)14-4-5/h1-4H,(H,15,16)(H,17,18). The molecule has 0 saturated heterocycles. The Hall–Kier alpha value is -1.25. The van der Waals surface area contributed by atoms with Gasteiger partial charge in [0, 0.05) is 4.47 Å². The molecule has 8 heteroatoms. The average Bonchev–Trinajstić information content (AvgIpc) is 2.70. The van der Waals surface area contributed by atoms with Crippen molar-refractivity contribution in [1.29, 1.82) is 0 Å². The quantitative estimate of drug-likeness (QED) is 0.817. The van der Waals surface area contributed by atoms with Crippen LogP contribution in [-0.4, -0.2) is 22.0 Å². The summed E-state index contributed by atoms with van der Waals surface area (Å²) in [6, 6.07) is 4.52. The van der Waals surface area contributed by atoms with E-state index in [0.29, 0.717) is 10.6 Å². The van der Waals surface area contributed by atoms with Crippen molar-refractivity contribution in [2.75, 3.05) is 5.32 Å². The third kappa shape index (κ3) is 3.40. The van der Waals surface area contributed by atoms with Crippen LogP contribution in [0.4, 0.5) is 5.69 Å². The molecule has 2 heterocycles. The second kappa shape index (κ2) is 5.81. The Balaban J connectivity index is 2.12. The van der Waals surface area contributed by atoms with Crippen LogP contribution in [0.2, 0.25) is 0 Å². The number of thiophene rings is 1. The van der Waals surface area contributed by atoms with Crippen LogP contribution < -0.4 is 5.32 Å². The Morgan fingerprint density at radius 2 is 2.05 bits per heavy atom. The van der Waals surface area contributed by atoms with E-state index in [1.54, 1.807) is 6.07 Å². The lowest BCUT2D eigenvalue weighted by atomic mass is 10.3. The summed E-state index contributed by atoms with van der Waals surface area (Å²) >= 11 is 7.90. The van der Waals surface area contributed by atoms with Crippen molar-refractivity contribution in [3.8, 4) is 0 Å². The van der Waals surface area contributed by atoms with Crippen molar-refractivity contribution < 1.29 is 14.7 Å². The number of hydrogen-bond acceptors (Lipinski definition) is 4. The first-order chi connectivity index (χ1) is 8.97. The Morgan fingerprint density at radius 3 is 2.53 bits per heavy atom. The van der Waals surface area contributed by atoms with Crippen LogP contribution in [0.25, 0.3) is 0 Å². The predicted molar refractivity (Wildman–Crippen MR) is 78.9 cm³/mol. The van der Waals surface area contributed by atoms with Gasteiger partial charge in [0.25, 0.3) is 5.91 Å². The maximum atomic E-state index is 11.9. The first kappa shape index (κ1) is 14.2. The molecule has 0 fully saturated rings. The van der Waals surface area contributed by atoms with Gasteiger partial charge in [-0.1, -0.05) is 0 Å². The molecule has 0 spiro atoms. The lowest BCUT2D eigenvalue weighted by Crippen LogP contribution is -2.11. The van der Waals surface area contributed by atoms with E-state index in [1.807, 2.05) is 0 Å².